The molecule has 3 nitrogen and oxygen atoms in total. The summed E-state index contributed by atoms with van der Waals surface area (Å²) in [4.78, 5) is 2.30. The summed E-state index contributed by atoms with van der Waals surface area (Å²) in [7, 11) is 2.09. The molecule has 2 N–H and O–H groups in total. The highest BCUT2D eigenvalue weighted by atomic mass is 19.4. The van der Waals surface area contributed by atoms with Crippen molar-refractivity contribution in [2.45, 2.75) is 44.6 Å². The number of aliphatic hydroxyl groups is 1. The van der Waals surface area contributed by atoms with Gasteiger partial charge in [-0.25, -0.2) is 0 Å². The molecule has 130 valence electrons. The van der Waals surface area contributed by atoms with E-state index in [1.807, 2.05) is 0 Å². The first-order chi connectivity index (χ1) is 10.7. The fourth-order valence-corrected chi connectivity index (χ4v) is 3.13. The van der Waals surface area contributed by atoms with Crippen LogP contribution in [-0.4, -0.2) is 42.2 Å². The average Bonchev–Trinajstić information content (AvgIpc) is 2.48. The first-order valence-corrected chi connectivity index (χ1v) is 7.97. The molecule has 0 bridgehead atoms. The van der Waals surface area contributed by atoms with Crippen molar-refractivity contribution in [2.24, 2.45) is 5.92 Å². The molecular weight excluding hydrogens is 305 g/mol. The van der Waals surface area contributed by atoms with Crippen molar-refractivity contribution in [3.63, 3.8) is 0 Å². The van der Waals surface area contributed by atoms with E-state index < -0.39 is 17.8 Å². The Hall–Kier alpha value is -1.11. The number of piperidine rings is 1. The van der Waals surface area contributed by atoms with Gasteiger partial charge in [-0.2, -0.15) is 13.2 Å². The number of rotatable bonds is 4. The Morgan fingerprint density at radius 2 is 2.04 bits per heavy atom. The lowest BCUT2D eigenvalue weighted by Gasteiger charge is -2.40. The quantitative estimate of drug-likeness (QED) is 0.891. The lowest BCUT2D eigenvalue weighted by molar-refractivity contribution is -0.137. The summed E-state index contributed by atoms with van der Waals surface area (Å²) in [5.74, 6) is 0.435. The van der Waals surface area contributed by atoms with Gasteiger partial charge < -0.3 is 15.3 Å². The molecule has 4 unspecified atom stereocenters. The molecule has 2 rings (SSSR count). The molecule has 0 spiro atoms. The molecule has 0 aromatic heterocycles. The second kappa shape index (κ2) is 7.20. The third-order valence-electron chi connectivity index (χ3n) is 4.78. The van der Waals surface area contributed by atoms with E-state index in [4.69, 9.17) is 0 Å². The van der Waals surface area contributed by atoms with Gasteiger partial charge in [0.1, 0.15) is 0 Å². The summed E-state index contributed by atoms with van der Waals surface area (Å²) in [6.07, 6.45) is -4.37. The van der Waals surface area contributed by atoms with Gasteiger partial charge in [0.15, 0.2) is 0 Å². The first-order valence-electron chi connectivity index (χ1n) is 7.97. The Balaban J connectivity index is 1.96. The van der Waals surface area contributed by atoms with Crippen LogP contribution in [0.4, 0.5) is 13.2 Å². The molecule has 1 saturated heterocycles. The maximum atomic E-state index is 12.7. The van der Waals surface area contributed by atoms with Crippen molar-refractivity contribution in [3.05, 3.63) is 35.4 Å². The number of alkyl halides is 3. The fraction of sp³-hybridized carbons (Fsp3) is 0.647. The first kappa shape index (κ1) is 18.2. The van der Waals surface area contributed by atoms with E-state index in [1.165, 1.54) is 12.1 Å². The topological polar surface area (TPSA) is 35.5 Å². The van der Waals surface area contributed by atoms with Crippen LogP contribution in [0, 0.1) is 5.92 Å². The van der Waals surface area contributed by atoms with Crippen LogP contribution in [0.25, 0.3) is 0 Å². The lowest BCUT2D eigenvalue weighted by atomic mass is 9.89. The highest BCUT2D eigenvalue weighted by Gasteiger charge is 2.31. The minimum atomic E-state index is -4.39. The summed E-state index contributed by atoms with van der Waals surface area (Å²) in [5.41, 5.74) is -0.434. The molecule has 1 aliphatic heterocycles. The molecule has 1 aromatic rings. The van der Waals surface area contributed by atoms with Gasteiger partial charge in [0, 0.05) is 25.2 Å². The molecule has 0 aliphatic carbocycles. The second-order valence-corrected chi connectivity index (χ2v) is 6.66. The Labute approximate surface area is 135 Å². The smallest absolute Gasteiger partial charge is 0.387 e. The minimum absolute atomic E-state index is 0.257. The van der Waals surface area contributed by atoms with E-state index >= 15 is 0 Å². The molecular formula is C17H25F3N2O. The number of likely N-dealkylation sites (tertiary alicyclic amines) is 1. The van der Waals surface area contributed by atoms with Crippen molar-refractivity contribution >= 4 is 0 Å². The van der Waals surface area contributed by atoms with Gasteiger partial charge in [0.25, 0.3) is 0 Å². The zero-order chi connectivity index (χ0) is 17.2. The van der Waals surface area contributed by atoms with Gasteiger partial charge in [-0.1, -0.05) is 19.1 Å². The fourth-order valence-electron chi connectivity index (χ4n) is 3.13. The molecule has 0 radical (unpaired) electrons. The third-order valence-corrected chi connectivity index (χ3v) is 4.78. The highest BCUT2D eigenvalue weighted by molar-refractivity contribution is 5.27. The number of hydrogen-bond donors (Lipinski definition) is 2. The maximum Gasteiger partial charge on any atom is 0.416 e. The SMILES string of the molecule is CC1CN(C)C(C)CC1NCC(O)c1cccc(C(F)(F)F)c1. The van der Waals surface area contributed by atoms with Crippen molar-refractivity contribution in [3.8, 4) is 0 Å². The Bertz CT molecular complexity index is 521. The summed E-state index contributed by atoms with van der Waals surface area (Å²) in [5, 5.41) is 13.5. The van der Waals surface area contributed by atoms with Gasteiger partial charge in [-0.15, -0.1) is 0 Å². The zero-order valence-corrected chi connectivity index (χ0v) is 13.8. The van der Waals surface area contributed by atoms with Crippen LogP contribution in [0.1, 0.15) is 37.5 Å². The number of benzene rings is 1. The van der Waals surface area contributed by atoms with Crippen LogP contribution in [0.5, 0.6) is 0 Å². The monoisotopic (exact) mass is 330 g/mol. The Morgan fingerprint density at radius 1 is 1.35 bits per heavy atom. The molecule has 1 aromatic carbocycles. The number of hydrogen-bond acceptors (Lipinski definition) is 3. The molecule has 1 heterocycles. The Kier molecular flexibility index (Phi) is 5.70. The molecule has 0 saturated carbocycles. The van der Waals surface area contributed by atoms with Crippen LogP contribution in [-0.2, 0) is 6.18 Å². The van der Waals surface area contributed by atoms with Crippen LogP contribution in [0.2, 0.25) is 0 Å². The van der Waals surface area contributed by atoms with Gasteiger partial charge in [0.2, 0.25) is 0 Å². The summed E-state index contributed by atoms with van der Waals surface area (Å²) >= 11 is 0. The standard InChI is InChI=1S/C17H25F3N2O/c1-11-10-22(3)12(2)7-15(11)21-9-16(23)13-5-4-6-14(8-13)17(18,19)20/h4-6,8,11-12,15-16,21,23H,7,9-10H2,1-3H3. The summed E-state index contributed by atoms with van der Waals surface area (Å²) in [6, 6.07) is 5.62. The number of nitrogens with zero attached hydrogens (tertiary/aromatic N) is 1. The summed E-state index contributed by atoms with van der Waals surface area (Å²) in [6.45, 7) is 5.53. The van der Waals surface area contributed by atoms with Gasteiger partial charge in [0.05, 0.1) is 11.7 Å². The van der Waals surface area contributed by atoms with E-state index in [0.29, 0.717) is 17.5 Å². The van der Waals surface area contributed by atoms with Gasteiger partial charge >= 0.3 is 6.18 Å². The van der Waals surface area contributed by atoms with Crippen LogP contribution in [0.3, 0.4) is 0 Å². The van der Waals surface area contributed by atoms with Gasteiger partial charge in [-0.3, -0.25) is 0 Å². The van der Waals surface area contributed by atoms with Crippen molar-refractivity contribution < 1.29 is 18.3 Å². The molecule has 0 amide bonds. The van der Waals surface area contributed by atoms with Crippen molar-refractivity contribution in [1.82, 2.24) is 10.2 Å². The lowest BCUT2D eigenvalue weighted by Crippen LogP contribution is -2.51. The molecule has 6 heteroatoms. The van der Waals surface area contributed by atoms with Crippen LogP contribution in [0.15, 0.2) is 24.3 Å². The second-order valence-electron chi connectivity index (χ2n) is 6.66. The van der Waals surface area contributed by atoms with Crippen LogP contribution < -0.4 is 5.32 Å². The predicted molar refractivity (Wildman–Crippen MR) is 84.1 cm³/mol. The molecule has 23 heavy (non-hydrogen) atoms. The van der Waals surface area contributed by atoms with E-state index in [1.54, 1.807) is 0 Å². The number of nitrogens with one attached hydrogen (secondary N) is 1. The summed E-state index contributed by atoms with van der Waals surface area (Å²) < 4.78 is 38.2. The zero-order valence-electron chi connectivity index (χ0n) is 13.8. The van der Waals surface area contributed by atoms with Crippen LogP contribution >= 0.6 is 0 Å². The molecule has 4 atom stereocenters. The highest BCUT2D eigenvalue weighted by Crippen LogP contribution is 2.30. The van der Waals surface area contributed by atoms with E-state index in [0.717, 1.165) is 25.1 Å². The van der Waals surface area contributed by atoms with Gasteiger partial charge in [-0.05, 0) is 44.0 Å². The normalized spacial score (nSPS) is 27.9. The predicted octanol–water partition coefficient (Wildman–Crippen LogP) is 3.06. The third kappa shape index (κ3) is 4.68. The molecule has 1 fully saturated rings. The number of aliphatic hydroxyl groups excluding tert-OH is 1. The van der Waals surface area contributed by atoms with E-state index in [2.05, 4.69) is 31.1 Å². The van der Waals surface area contributed by atoms with E-state index in [-0.39, 0.29) is 12.6 Å². The average molecular weight is 330 g/mol. The van der Waals surface area contributed by atoms with Crippen molar-refractivity contribution in [1.29, 1.82) is 0 Å². The maximum absolute atomic E-state index is 12.7. The largest absolute Gasteiger partial charge is 0.416 e. The van der Waals surface area contributed by atoms with E-state index in [9.17, 15) is 18.3 Å². The number of halogens is 3. The molecule has 1 aliphatic rings. The van der Waals surface area contributed by atoms with Crippen molar-refractivity contribution in [2.75, 3.05) is 20.1 Å². The minimum Gasteiger partial charge on any atom is -0.387 e. The Morgan fingerprint density at radius 3 is 2.70 bits per heavy atom.